The number of ether oxygens (including phenoxy) is 4. The number of carbonyl (C=O) groups excluding carboxylic acids is 1. The maximum atomic E-state index is 11.4. The quantitative estimate of drug-likeness (QED) is 0.433. The maximum absolute atomic E-state index is 11.4. The Morgan fingerprint density at radius 3 is 2.61 bits per heavy atom. The van der Waals surface area contributed by atoms with Crippen LogP contribution in [0.15, 0.2) is 18.2 Å². The Morgan fingerprint density at radius 2 is 2.00 bits per heavy atom. The normalized spacial score (nSPS) is 18.8. The Hall–Kier alpha value is -1.79. The van der Waals surface area contributed by atoms with Crippen LogP contribution in [-0.4, -0.2) is 45.5 Å². The van der Waals surface area contributed by atoms with E-state index in [9.17, 15) is 4.79 Å². The Kier molecular flexibility index (Phi) is 9.06. The van der Waals surface area contributed by atoms with Gasteiger partial charge in [-0.25, -0.2) is 0 Å². The van der Waals surface area contributed by atoms with E-state index >= 15 is 0 Å². The average Bonchev–Trinajstić information content (AvgIpc) is 3.11. The van der Waals surface area contributed by atoms with Crippen molar-refractivity contribution in [3.05, 3.63) is 23.8 Å². The minimum Gasteiger partial charge on any atom is -0.493 e. The smallest absolute Gasteiger partial charge is 0.306 e. The van der Waals surface area contributed by atoms with Crippen molar-refractivity contribution < 1.29 is 23.7 Å². The molecular weight excluding hydrogens is 358 g/mol. The van der Waals surface area contributed by atoms with Gasteiger partial charge >= 0.3 is 5.97 Å². The SMILES string of the molecule is COCCCOc1cc(CC(C[C@H](N)C2CCC(=O)O2)C(C)C)ccc1OC. The second kappa shape index (κ2) is 11.3. The van der Waals surface area contributed by atoms with Crippen molar-refractivity contribution >= 4 is 5.97 Å². The third kappa shape index (κ3) is 6.67. The van der Waals surface area contributed by atoms with Crippen molar-refractivity contribution in [3.8, 4) is 11.5 Å². The molecule has 0 aromatic heterocycles. The number of hydrogen-bond acceptors (Lipinski definition) is 6. The standard InChI is InChI=1S/C22H35NO5/c1-15(2)17(14-18(23)19-8-9-22(24)28-19)12-16-6-7-20(26-4)21(13-16)27-11-5-10-25-3/h6-7,13,15,17-19H,5,8-12,14,23H2,1-4H3/t17?,18-,19?/m0/s1. The zero-order chi connectivity index (χ0) is 20.5. The Balaban J connectivity index is 2.01. The highest BCUT2D eigenvalue weighted by molar-refractivity contribution is 5.71. The number of hydrogen-bond donors (Lipinski definition) is 1. The molecule has 0 aliphatic carbocycles. The van der Waals surface area contributed by atoms with E-state index in [-0.39, 0.29) is 18.1 Å². The second-order valence-electron chi connectivity index (χ2n) is 7.85. The van der Waals surface area contributed by atoms with Crippen LogP contribution in [0.25, 0.3) is 0 Å². The lowest BCUT2D eigenvalue weighted by Gasteiger charge is -2.27. The number of carbonyl (C=O) groups is 1. The van der Waals surface area contributed by atoms with Gasteiger partial charge in [0.2, 0.25) is 0 Å². The van der Waals surface area contributed by atoms with E-state index in [1.165, 1.54) is 5.56 Å². The highest BCUT2D eigenvalue weighted by Gasteiger charge is 2.31. The summed E-state index contributed by atoms with van der Waals surface area (Å²) in [5.41, 5.74) is 7.56. The zero-order valence-electron chi connectivity index (χ0n) is 17.6. The monoisotopic (exact) mass is 393 g/mol. The van der Waals surface area contributed by atoms with E-state index in [0.717, 1.165) is 37.2 Å². The molecule has 6 heteroatoms. The van der Waals surface area contributed by atoms with Crippen LogP contribution in [0.2, 0.25) is 0 Å². The van der Waals surface area contributed by atoms with E-state index in [1.807, 2.05) is 6.07 Å². The van der Waals surface area contributed by atoms with Crippen LogP contribution in [0.1, 0.15) is 45.1 Å². The van der Waals surface area contributed by atoms with E-state index in [2.05, 4.69) is 26.0 Å². The molecule has 1 heterocycles. The summed E-state index contributed by atoms with van der Waals surface area (Å²) in [4.78, 5) is 11.4. The van der Waals surface area contributed by atoms with Crippen molar-refractivity contribution in [3.63, 3.8) is 0 Å². The van der Waals surface area contributed by atoms with Crippen molar-refractivity contribution in [2.45, 2.75) is 58.1 Å². The van der Waals surface area contributed by atoms with Crippen molar-refractivity contribution in [2.75, 3.05) is 27.4 Å². The minimum atomic E-state index is -0.149. The fourth-order valence-electron chi connectivity index (χ4n) is 3.59. The highest BCUT2D eigenvalue weighted by atomic mass is 16.6. The first-order chi connectivity index (χ1) is 13.4. The Bertz CT molecular complexity index is 619. The van der Waals surface area contributed by atoms with Crippen LogP contribution < -0.4 is 15.2 Å². The molecular formula is C22H35NO5. The van der Waals surface area contributed by atoms with Crippen LogP contribution in [-0.2, 0) is 20.7 Å². The Labute approximate surface area is 168 Å². The lowest BCUT2D eigenvalue weighted by atomic mass is 9.83. The molecule has 3 atom stereocenters. The average molecular weight is 394 g/mol. The number of cyclic esters (lactones) is 1. The van der Waals surface area contributed by atoms with Gasteiger partial charge < -0.3 is 24.7 Å². The van der Waals surface area contributed by atoms with Crippen LogP contribution >= 0.6 is 0 Å². The summed E-state index contributed by atoms with van der Waals surface area (Å²) in [5.74, 6) is 2.22. The summed E-state index contributed by atoms with van der Waals surface area (Å²) >= 11 is 0. The van der Waals surface area contributed by atoms with E-state index < -0.39 is 0 Å². The van der Waals surface area contributed by atoms with Crippen molar-refractivity contribution in [2.24, 2.45) is 17.6 Å². The maximum Gasteiger partial charge on any atom is 0.306 e. The summed E-state index contributed by atoms with van der Waals surface area (Å²) < 4.78 is 21.8. The largest absolute Gasteiger partial charge is 0.493 e. The molecule has 1 aliphatic rings. The minimum absolute atomic E-state index is 0.123. The van der Waals surface area contributed by atoms with Gasteiger partial charge in [0.15, 0.2) is 11.5 Å². The number of rotatable bonds is 12. The molecule has 0 amide bonds. The molecule has 0 spiro atoms. The van der Waals surface area contributed by atoms with E-state index in [4.69, 9.17) is 24.7 Å². The fourth-order valence-corrected chi connectivity index (χ4v) is 3.59. The number of benzene rings is 1. The van der Waals surface area contributed by atoms with Gasteiger partial charge in [-0.05, 0) is 48.8 Å². The summed E-state index contributed by atoms with van der Waals surface area (Å²) in [6, 6.07) is 5.97. The summed E-state index contributed by atoms with van der Waals surface area (Å²) in [6.07, 6.45) is 3.60. The summed E-state index contributed by atoms with van der Waals surface area (Å²) in [6.45, 7) is 5.67. The fraction of sp³-hybridized carbons (Fsp3) is 0.682. The predicted molar refractivity (Wildman–Crippen MR) is 109 cm³/mol. The van der Waals surface area contributed by atoms with Gasteiger partial charge in [0, 0.05) is 32.6 Å². The molecule has 1 saturated heterocycles. The Morgan fingerprint density at radius 1 is 1.21 bits per heavy atom. The molecule has 1 aromatic carbocycles. The molecule has 0 radical (unpaired) electrons. The number of esters is 1. The summed E-state index contributed by atoms with van der Waals surface area (Å²) in [7, 11) is 3.33. The van der Waals surface area contributed by atoms with Gasteiger partial charge in [-0.15, -0.1) is 0 Å². The molecule has 0 saturated carbocycles. The third-order valence-electron chi connectivity index (χ3n) is 5.39. The molecule has 6 nitrogen and oxygen atoms in total. The van der Waals surface area contributed by atoms with Crippen LogP contribution in [0, 0.1) is 11.8 Å². The molecule has 0 bridgehead atoms. The molecule has 2 unspecified atom stereocenters. The molecule has 1 aromatic rings. The van der Waals surface area contributed by atoms with Gasteiger partial charge in [-0.2, -0.15) is 0 Å². The van der Waals surface area contributed by atoms with Crippen molar-refractivity contribution in [1.29, 1.82) is 0 Å². The van der Waals surface area contributed by atoms with Gasteiger partial charge in [0.05, 0.1) is 13.7 Å². The number of nitrogens with two attached hydrogens (primary N) is 1. The first-order valence-corrected chi connectivity index (χ1v) is 10.2. The lowest BCUT2D eigenvalue weighted by Crippen LogP contribution is -2.37. The zero-order valence-corrected chi connectivity index (χ0v) is 17.6. The first-order valence-electron chi connectivity index (χ1n) is 10.2. The van der Waals surface area contributed by atoms with Crippen molar-refractivity contribution in [1.82, 2.24) is 0 Å². The predicted octanol–water partition coefficient (Wildman–Crippen LogP) is 3.35. The highest BCUT2D eigenvalue weighted by Crippen LogP contribution is 2.32. The van der Waals surface area contributed by atoms with Crippen LogP contribution in [0.3, 0.4) is 0 Å². The third-order valence-corrected chi connectivity index (χ3v) is 5.39. The van der Waals surface area contributed by atoms with Gasteiger partial charge in [-0.1, -0.05) is 19.9 Å². The topological polar surface area (TPSA) is 80.0 Å². The molecule has 2 N–H and O–H groups in total. The molecule has 28 heavy (non-hydrogen) atoms. The van der Waals surface area contributed by atoms with Gasteiger partial charge in [0.25, 0.3) is 0 Å². The van der Waals surface area contributed by atoms with Crippen LogP contribution in [0.4, 0.5) is 0 Å². The van der Waals surface area contributed by atoms with E-state index in [1.54, 1.807) is 14.2 Å². The van der Waals surface area contributed by atoms with Gasteiger partial charge in [-0.3, -0.25) is 4.79 Å². The molecule has 1 aliphatic heterocycles. The molecule has 2 rings (SSSR count). The second-order valence-corrected chi connectivity index (χ2v) is 7.85. The lowest BCUT2D eigenvalue weighted by molar-refractivity contribution is -0.142. The summed E-state index contributed by atoms with van der Waals surface area (Å²) in [5, 5.41) is 0. The van der Waals surface area contributed by atoms with Crippen LogP contribution in [0.5, 0.6) is 11.5 Å². The first kappa shape index (κ1) is 22.5. The van der Waals surface area contributed by atoms with E-state index in [0.29, 0.717) is 31.5 Å². The number of methoxy groups -OCH3 is 2. The molecule has 1 fully saturated rings. The van der Waals surface area contributed by atoms with Gasteiger partial charge in [0.1, 0.15) is 6.10 Å². The molecule has 158 valence electrons.